The number of carboxylic acids is 1. The molecule has 1 saturated heterocycles. The molecule has 1 aliphatic carbocycles. The number of nitrogens with zero attached hydrogens (tertiary/aromatic N) is 1. The first-order valence-corrected chi connectivity index (χ1v) is 8.69. The molecule has 0 bridgehead atoms. The number of likely N-dealkylation sites (tertiary alicyclic amines) is 1. The van der Waals surface area contributed by atoms with Crippen molar-refractivity contribution in [3.8, 4) is 0 Å². The highest BCUT2D eigenvalue weighted by Crippen LogP contribution is 2.32. The molecule has 1 amide bonds. The lowest BCUT2D eigenvalue weighted by Gasteiger charge is -2.40. The van der Waals surface area contributed by atoms with E-state index >= 15 is 0 Å². The number of rotatable bonds is 7. The van der Waals surface area contributed by atoms with Gasteiger partial charge in [0.15, 0.2) is 0 Å². The first kappa shape index (κ1) is 18.2. The van der Waals surface area contributed by atoms with Crippen LogP contribution in [0.25, 0.3) is 0 Å². The summed E-state index contributed by atoms with van der Waals surface area (Å²) >= 11 is 0. The molecule has 0 aromatic carbocycles. The second-order valence-electron chi connectivity index (χ2n) is 6.82. The van der Waals surface area contributed by atoms with Gasteiger partial charge in [-0.2, -0.15) is 0 Å². The predicted molar refractivity (Wildman–Crippen MR) is 85.2 cm³/mol. The van der Waals surface area contributed by atoms with Gasteiger partial charge in [0.25, 0.3) is 5.91 Å². The Morgan fingerprint density at radius 3 is 2.57 bits per heavy atom. The Bertz CT molecular complexity index is 417. The summed E-state index contributed by atoms with van der Waals surface area (Å²) in [4.78, 5) is 26.2. The summed E-state index contributed by atoms with van der Waals surface area (Å²) in [5.74, 6) is -0.956. The molecule has 2 aliphatic rings. The van der Waals surface area contributed by atoms with Crippen molar-refractivity contribution in [3.05, 3.63) is 0 Å². The number of methoxy groups -OCH3 is 1. The van der Waals surface area contributed by atoms with E-state index in [1.54, 1.807) is 4.90 Å². The van der Waals surface area contributed by atoms with Gasteiger partial charge < -0.3 is 19.5 Å². The van der Waals surface area contributed by atoms with Gasteiger partial charge in [-0.15, -0.1) is 0 Å². The van der Waals surface area contributed by atoms with Gasteiger partial charge in [0.2, 0.25) is 0 Å². The van der Waals surface area contributed by atoms with Gasteiger partial charge in [0, 0.05) is 20.2 Å². The van der Waals surface area contributed by atoms with E-state index in [-0.39, 0.29) is 25.2 Å². The summed E-state index contributed by atoms with van der Waals surface area (Å²) in [7, 11) is 1.50. The van der Waals surface area contributed by atoms with E-state index in [1.165, 1.54) is 7.11 Å². The summed E-state index contributed by atoms with van der Waals surface area (Å²) < 4.78 is 11.1. The highest BCUT2D eigenvalue weighted by Gasteiger charge is 2.44. The monoisotopic (exact) mass is 327 g/mol. The van der Waals surface area contributed by atoms with E-state index in [0.717, 1.165) is 25.7 Å². The minimum Gasteiger partial charge on any atom is -0.481 e. The fraction of sp³-hybridized carbons (Fsp3) is 0.882. The maximum atomic E-state index is 12.8. The molecule has 0 aromatic rings. The van der Waals surface area contributed by atoms with Crippen LogP contribution in [-0.4, -0.2) is 60.9 Å². The number of aliphatic carboxylic acids is 1. The Labute approximate surface area is 138 Å². The Hall–Kier alpha value is -1.14. The van der Waals surface area contributed by atoms with Gasteiger partial charge in [-0.1, -0.05) is 19.8 Å². The number of hydrogen-bond acceptors (Lipinski definition) is 4. The van der Waals surface area contributed by atoms with E-state index in [9.17, 15) is 14.7 Å². The molecule has 1 heterocycles. The molecule has 23 heavy (non-hydrogen) atoms. The van der Waals surface area contributed by atoms with E-state index in [2.05, 4.69) is 0 Å². The molecule has 2 rings (SSSR count). The molecule has 132 valence electrons. The minimum atomic E-state index is -0.992. The second-order valence-corrected chi connectivity index (χ2v) is 6.82. The summed E-state index contributed by atoms with van der Waals surface area (Å²) in [5, 5.41) is 9.60. The molecule has 2 atom stereocenters. The lowest BCUT2D eigenvalue weighted by atomic mass is 9.80. The quantitative estimate of drug-likeness (QED) is 0.774. The Kier molecular flexibility index (Phi) is 6.41. The van der Waals surface area contributed by atoms with Crippen LogP contribution < -0.4 is 0 Å². The van der Waals surface area contributed by atoms with Crippen LogP contribution in [-0.2, 0) is 19.1 Å². The van der Waals surface area contributed by atoms with Crippen molar-refractivity contribution in [2.24, 2.45) is 5.41 Å². The van der Waals surface area contributed by atoms with Crippen LogP contribution in [0.5, 0.6) is 0 Å². The van der Waals surface area contributed by atoms with E-state index in [0.29, 0.717) is 25.8 Å². The van der Waals surface area contributed by atoms with Crippen LogP contribution in [0.2, 0.25) is 0 Å². The van der Waals surface area contributed by atoms with E-state index < -0.39 is 17.5 Å². The number of ether oxygens (including phenoxy) is 2. The first-order chi connectivity index (χ1) is 11.0. The molecule has 1 N–H and O–H groups in total. The molecular formula is C17H29NO5. The molecule has 6 nitrogen and oxygen atoms in total. The first-order valence-electron chi connectivity index (χ1n) is 8.69. The molecule has 2 fully saturated rings. The Balaban J connectivity index is 2.02. The van der Waals surface area contributed by atoms with Crippen molar-refractivity contribution in [2.75, 3.05) is 26.8 Å². The predicted octanol–water partition coefficient (Wildman–Crippen LogP) is 2.06. The van der Waals surface area contributed by atoms with Crippen molar-refractivity contribution in [3.63, 3.8) is 0 Å². The average molecular weight is 327 g/mol. The number of hydrogen-bond donors (Lipinski definition) is 1. The molecule has 0 spiro atoms. The maximum absolute atomic E-state index is 12.8. The molecule has 2 unspecified atom stereocenters. The van der Waals surface area contributed by atoms with Crippen LogP contribution >= 0.6 is 0 Å². The molecule has 6 heteroatoms. The summed E-state index contributed by atoms with van der Waals surface area (Å²) in [6.45, 7) is 2.88. The second kappa shape index (κ2) is 8.11. The van der Waals surface area contributed by atoms with Crippen LogP contribution in [0.15, 0.2) is 0 Å². The number of carbonyl (C=O) groups is 2. The van der Waals surface area contributed by atoms with Crippen LogP contribution in [0.1, 0.15) is 51.9 Å². The molecule has 0 aromatic heterocycles. The van der Waals surface area contributed by atoms with Crippen molar-refractivity contribution in [1.82, 2.24) is 4.90 Å². The third-order valence-electron chi connectivity index (χ3n) is 5.07. The van der Waals surface area contributed by atoms with Crippen LogP contribution in [0.3, 0.4) is 0 Å². The zero-order chi connectivity index (χ0) is 16.9. The highest BCUT2D eigenvalue weighted by atomic mass is 16.5. The number of piperidine rings is 1. The SMILES string of the molecule is CCC(OC1CCCC1)C(=O)N1CCCC(COC)(C(=O)O)C1. The Morgan fingerprint density at radius 2 is 2.00 bits per heavy atom. The van der Waals surface area contributed by atoms with Gasteiger partial charge in [-0.25, -0.2) is 0 Å². The molecule has 1 saturated carbocycles. The summed E-state index contributed by atoms with van der Waals surface area (Å²) in [6, 6.07) is 0. The van der Waals surface area contributed by atoms with E-state index in [4.69, 9.17) is 9.47 Å². The zero-order valence-electron chi connectivity index (χ0n) is 14.3. The smallest absolute Gasteiger partial charge is 0.313 e. The zero-order valence-corrected chi connectivity index (χ0v) is 14.3. The number of amides is 1. The lowest BCUT2D eigenvalue weighted by Crippen LogP contribution is -2.54. The molecule has 1 aliphatic heterocycles. The molecular weight excluding hydrogens is 298 g/mol. The van der Waals surface area contributed by atoms with Crippen molar-refractivity contribution in [1.29, 1.82) is 0 Å². The average Bonchev–Trinajstić information content (AvgIpc) is 3.05. The maximum Gasteiger partial charge on any atom is 0.313 e. The topological polar surface area (TPSA) is 76.1 Å². The third-order valence-corrected chi connectivity index (χ3v) is 5.07. The van der Waals surface area contributed by atoms with Crippen molar-refractivity contribution in [2.45, 2.75) is 64.1 Å². The van der Waals surface area contributed by atoms with Crippen molar-refractivity contribution >= 4 is 11.9 Å². The van der Waals surface area contributed by atoms with Gasteiger partial charge in [-0.3, -0.25) is 9.59 Å². The van der Waals surface area contributed by atoms with Gasteiger partial charge in [0.05, 0.1) is 12.7 Å². The highest BCUT2D eigenvalue weighted by molar-refractivity contribution is 5.83. The van der Waals surface area contributed by atoms with Crippen molar-refractivity contribution < 1.29 is 24.2 Å². The third kappa shape index (κ3) is 4.23. The summed E-state index contributed by atoms with van der Waals surface area (Å²) in [5.41, 5.74) is -0.992. The van der Waals surface area contributed by atoms with Gasteiger partial charge in [0.1, 0.15) is 11.5 Å². The number of carboxylic acid groups (broad SMARTS) is 1. The van der Waals surface area contributed by atoms with Gasteiger partial charge in [-0.05, 0) is 32.1 Å². The normalized spacial score (nSPS) is 27.1. The number of carbonyl (C=O) groups excluding carboxylic acids is 1. The lowest BCUT2D eigenvalue weighted by molar-refractivity contribution is -0.163. The Morgan fingerprint density at radius 1 is 1.30 bits per heavy atom. The fourth-order valence-corrected chi connectivity index (χ4v) is 3.74. The molecule has 0 radical (unpaired) electrons. The van der Waals surface area contributed by atoms with E-state index in [1.807, 2.05) is 6.92 Å². The minimum absolute atomic E-state index is 0.0687. The standard InChI is InChI=1S/C17H29NO5/c1-3-14(23-13-7-4-5-8-13)15(19)18-10-6-9-17(11-18,12-22-2)16(20)21/h13-14H,3-12H2,1-2H3,(H,20,21). The fourth-order valence-electron chi connectivity index (χ4n) is 3.74. The van der Waals surface area contributed by atoms with Gasteiger partial charge >= 0.3 is 5.97 Å². The van der Waals surface area contributed by atoms with Crippen LogP contribution in [0.4, 0.5) is 0 Å². The summed E-state index contributed by atoms with van der Waals surface area (Å²) in [6.07, 6.45) is 5.93. The largest absolute Gasteiger partial charge is 0.481 e. The van der Waals surface area contributed by atoms with Crippen LogP contribution in [0, 0.1) is 5.41 Å².